The molecule has 0 saturated heterocycles. The Bertz CT molecular complexity index is 1110. The zero-order valence-corrected chi connectivity index (χ0v) is 20.1. The second-order valence-corrected chi connectivity index (χ2v) is 9.01. The van der Waals surface area contributed by atoms with Crippen LogP contribution < -0.4 is 0 Å². The predicted molar refractivity (Wildman–Crippen MR) is 118 cm³/mol. The quantitative estimate of drug-likeness (QED) is 0.208. The van der Waals surface area contributed by atoms with Crippen LogP contribution in [-0.2, 0) is 13.1 Å². The van der Waals surface area contributed by atoms with Gasteiger partial charge in [-0.3, -0.25) is 0 Å². The highest BCUT2D eigenvalue weighted by Gasteiger charge is 2.18. The first-order chi connectivity index (χ1) is 13.1. The number of nitrogens with zero attached hydrogens (tertiary/aromatic N) is 6. The first kappa shape index (κ1) is 19.2. The number of benzene rings is 2. The van der Waals surface area contributed by atoms with Crippen LogP contribution in [0.2, 0.25) is 0 Å². The minimum Gasteiger partial charge on any atom is -0.330 e. The Hall–Kier alpha value is -1.10. The maximum absolute atomic E-state index is 4.55. The number of hydrogen-bond acceptors (Lipinski definition) is 4. The van der Waals surface area contributed by atoms with E-state index in [1.807, 2.05) is 41.3 Å². The summed E-state index contributed by atoms with van der Waals surface area (Å²) < 4.78 is 7.76. The molecule has 0 atom stereocenters. The fraction of sp³-hybridized carbons (Fsp3) is 0.176. The minimum atomic E-state index is 0.716. The highest BCUT2D eigenvalue weighted by Crippen LogP contribution is 2.43. The van der Waals surface area contributed by atoms with Gasteiger partial charge in [0.15, 0.2) is 5.82 Å². The Kier molecular flexibility index (Phi) is 5.77. The van der Waals surface area contributed by atoms with Crippen LogP contribution >= 0.6 is 63.7 Å². The van der Waals surface area contributed by atoms with E-state index in [0.29, 0.717) is 6.54 Å². The Labute approximate surface area is 188 Å². The second-order valence-electron chi connectivity index (χ2n) is 5.84. The molecule has 0 bridgehead atoms. The molecular weight excluding hydrogens is 608 g/mol. The topological polar surface area (TPSA) is 61.4 Å². The average Bonchev–Trinajstić information content (AvgIpc) is 3.33. The van der Waals surface area contributed by atoms with Gasteiger partial charge in [-0.05, 0) is 80.6 Å². The van der Waals surface area contributed by atoms with E-state index in [-0.39, 0.29) is 0 Å². The van der Waals surface area contributed by atoms with Crippen molar-refractivity contribution in [2.24, 2.45) is 0 Å². The van der Waals surface area contributed by atoms with E-state index in [9.17, 15) is 0 Å². The fourth-order valence-corrected chi connectivity index (χ4v) is 5.29. The summed E-state index contributed by atoms with van der Waals surface area (Å²) in [6.07, 6.45) is 2.73. The Morgan fingerprint density at radius 3 is 2.37 bits per heavy atom. The van der Waals surface area contributed by atoms with Gasteiger partial charge in [-0.1, -0.05) is 30.3 Å². The van der Waals surface area contributed by atoms with Gasteiger partial charge < -0.3 is 4.57 Å². The van der Waals surface area contributed by atoms with E-state index in [2.05, 4.69) is 88.8 Å². The fourth-order valence-electron chi connectivity index (χ4n) is 2.88. The summed E-state index contributed by atoms with van der Waals surface area (Å²) in [5.41, 5.74) is 2.96. The molecule has 27 heavy (non-hydrogen) atoms. The number of aromatic nitrogens is 6. The lowest BCUT2D eigenvalue weighted by molar-refractivity contribution is 0.523. The van der Waals surface area contributed by atoms with E-state index in [1.54, 1.807) is 0 Å². The Balaban J connectivity index is 1.55. The summed E-state index contributed by atoms with van der Waals surface area (Å²) in [4.78, 5) is 4.55. The molecule has 4 rings (SSSR count). The molecule has 0 saturated carbocycles. The van der Waals surface area contributed by atoms with Gasteiger partial charge in [0, 0.05) is 27.6 Å². The van der Waals surface area contributed by atoms with Gasteiger partial charge in [0.1, 0.15) is 5.52 Å². The molecule has 2 heterocycles. The monoisotopic (exact) mass is 616 g/mol. The summed E-state index contributed by atoms with van der Waals surface area (Å²) in [6, 6.07) is 9.97. The molecule has 2 aromatic carbocycles. The smallest absolute Gasteiger partial charge is 0.182 e. The number of imidazole rings is 1. The molecule has 0 unspecified atom stereocenters. The van der Waals surface area contributed by atoms with E-state index >= 15 is 0 Å². The van der Waals surface area contributed by atoms with Gasteiger partial charge in [-0.15, -0.1) is 5.10 Å². The van der Waals surface area contributed by atoms with Crippen molar-refractivity contribution in [2.75, 3.05) is 0 Å². The van der Waals surface area contributed by atoms with Crippen LogP contribution in [0.1, 0.15) is 6.42 Å². The molecule has 2 aromatic heterocycles. The van der Waals surface area contributed by atoms with E-state index in [0.717, 1.165) is 53.3 Å². The maximum atomic E-state index is 4.55. The molecule has 4 aromatic rings. The lowest BCUT2D eigenvalue weighted by atomic mass is 10.2. The molecule has 6 nitrogen and oxygen atoms in total. The number of halogens is 4. The third-order valence-electron chi connectivity index (χ3n) is 4.16. The van der Waals surface area contributed by atoms with E-state index < -0.39 is 0 Å². The first-order valence-electron chi connectivity index (χ1n) is 8.06. The maximum Gasteiger partial charge on any atom is 0.182 e. The van der Waals surface area contributed by atoms with Gasteiger partial charge in [0.2, 0.25) is 0 Å². The van der Waals surface area contributed by atoms with Gasteiger partial charge in [0.05, 0.1) is 20.8 Å². The highest BCUT2D eigenvalue weighted by atomic mass is 79.9. The molecule has 0 radical (unpaired) electrons. The van der Waals surface area contributed by atoms with Gasteiger partial charge in [-0.2, -0.15) is 0 Å². The molecule has 0 fully saturated rings. The summed E-state index contributed by atoms with van der Waals surface area (Å²) in [7, 11) is 0. The van der Waals surface area contributed by atoms with Crippen molar-refractivity contribution in [1.29, 1.82) is 0 Å². The van der Waals surface area contributed by atoms with Crippen LogP contribution in [0.25, 0.3) is 22.4 Å². The minimum absolute atomic E-state index is 0.716. The number of rotatable bonds is 5. The van der Waals surface area contributed by atoms with Crippen LogP contribution in [0.15, 0.2) is 54.6 Å². The molecule has 0 amide bonds. The van der Waals surface area contributed by atoms with Gasteiger partial charge >= 0.3 is 0 Å². The molecule has 0 aliphatic heterocycles. The van der Waals surface area contributed by atoms with Crippen molar-refractivity contribution < 1.29 is 0 Å². The average molecular weight is 620 g/mol. The highest BCUT2D eigenvalue weighted by molar-refractivity contribution is 9.15. The van der Waals surface area contributed by atoms with Crippen LogP contribution in [0.4, 0.5) is 0 Å². The SMILES string of the molecule is Brc1c(Br)c(Br)c2c(ncn2CCCn2nnnc2-c2ccccc2)c1Br. The standard InChI is InChI=1S/C17H12Br4N6/c18-11-12(19)14(21)16-15(13(11)20)22-9-26(16)7-4-8-27-17(23-24-25-27)10-5-2-1-3-6-10/h1-3,5-6,9H,4,7-8H2. The zero-order chi connectivity index (χ0) is 19.0. The first-order valence-corrected chi connectivity index (χ1v) is 11.2. The second kappa shape index (κ2) is 8.10. The molecule has 0 aliphatic carbocycles. The largest absolute Gasteiger partial charge is 0.330 e. The molecule has 0 aliphatic rings. The van der Waals surface area contributed by atoms with Crippen molar-refractivity contribution in [3.8, 4) is 11.4 Å². The third-order valence-corrected chi connectivity index (χ3v) is 8.89. The molecule has 138 valence electrons. The van der Waals surface area contributed by atoms with Crippen LogP contribution in [0, 0.1) is 0 Å². The van der Waals surface area contributed by atoms with E-state index in [4.69, 9.17) is 0 Å². The summed E-state index contributed by atoms with van der Waals surface area (Å²) in [5, 5.41) is 12.1. The van der Waals surface area contributed by atoms with Gasteiger partial charge in [0.25, 0.3) is 0 Å². The number of tetrazole rings is 1. The van der Waals surface area contributed by atoms with Crippen molar-refractivity contribution >= 4 is 74.8 Å². The number of fused-ring (bicyclic) bond motifs is 1. The zero-order valence-electron chi connectivity index (χ0n) is 13.8. The molecular formula is C17H12Br4N6. The number of hydrogen-bond donors (Lipinski definition) is 0. The van der Waals surface area contributed by atoms with Crippen molar-refractivity contribution in [2.45, 2.75) is 19.5 Å². The van der Waals surface area contributed by atoms with Crippen LogP contribution in [0.5, 0.6) is 0 Å². The third kappa shape index (κ3) is 3.64. The van der Waals surface area contributed by atoms with Crippen molar-refractivity contribution in [1.82, 2.24) is 29.8 Å². The summed E-state index contributed by atoms with van der Waals surface area (Å²) in [5.74, 6) is 0.779. The number of aryl methyl sites for hydroxylation is 2. The summed E-state index contributed by atoms with van der Waals surface area (Å²) >= 11 is 14.5. The van der Waals surface area contributed by atoms with Crippen LogP contribution in [0.3, 0.4) is 0 Å². The van der Waals surface area contributed by atoms with Crippen molar-refractivity contribution in [3.05, 3.63) is 54.6 Å². The molecule has 10 heteroatoms. The Morgan fingerprint density at radius 2 is 1.59 bits per heavy atom. The normalized spacial score (nSPS) is 11.4. The molecule has 0 spiro atoms. The van der Waals surface area contributed by atoms with E-state index in [1.165, 1.54) is 0 Å². The van der Waals surface area contributed by atoms with Gasteiger partial charge in [-0.25, -0.2) is 9.67 Å². The predicted octanol–water partition coefficient (Wildman–Crippen LogP) is 5.83. The lowest BCUT2D eigenvalue weighted by Gasteiger charge is -2.10. The van der Waals surface area contributed by atoms with Crippen LogP contribution in [-0.4, -0.2) is 29.8 Å². The molecule has 0 N–H and O–H groups in total. The lowest BCUT2D eigenvalue weighted by Crippen LogP contribution is -2.07. The Morgan fingerprint density at radius 1 is 0.852 bits per heavy atom. The summed E-state index contributed by atoms with van der Waals surface area (Å²) in [6.45, 7) is 1.51. The van der Waals surface area contributed by atoms with Crippen molar-refractivity contribution in [3.63, 3.8) is 0 Å².